The molecule has 6 heteroatoms. The molecular formula is C11H14N4OS. The quantitative estimate of drug-likeness (QED) is 0.709. The summed E-state index contributed by atoms with van der Waals surface area (Å²) in [6.45, 7) is 0. The zero-order valence-electron chi connectivity index (χ0n) is 9.93. The Kier molecular flexibility index (Phi) is 2.47. The molecule has 2 aromatic rings. The van der Waals surface area contributed by atoms with Crippen LogP contribution in [0.1, 0.15) is 24.1 Å². The van der Waals surface area contributed by atoms with E-state index < -0.39 is 0 Å². The van der Waals surface area contributed by atoms with Crippen molar-refractivity contribution >= 4 is 17.5 Å². The van der Waals surface area contributed by atoms with Gasteiger partial charge >= 0.3 is 0 Å². The van der Waals surface area contributed by atoms with Gasteiger partial charge in [-0.25, -0.2) is 4.98 Å². The van der Waals surface area contributed by atoms with Crippen molar-refractivity contribution in [3.8, 4) is 0 Å². The van der Waals surface area contributed by atoms with Crippen molar-refractivity contribution < 1.29 is 0 Å². The molecule has 90 valence electrons. The van der Waals surface area contributed by atoms with Gasteiger partial charge in [0.25, 0.3) is 5.56 Å². The lowest BCUT2D eigenvalue weighted by Crippen LogP contribution is -2.25. The molecule has 0 aliphatic heterocycles. The summed E-state index contributed by atoms with van der Waals surface area (Å²) in [7, 11) is 1.90. The van der Waals surface area contributed by atoms with E-state index in [2.05, 4.69) is 10.1 Å². The number of aromatic nitrogens is 4. The molecule has 2 heterocycles. The van der Waals surface area contributed by atoms with Crippen molar-refractivity contribution in [2.24, 2.45) is 7.05 Å². The summed E-state index contributed by atoms with van der Waals surface area (Å²) in [5.41, 5.74) is 1.84. The summed E-state index contributed by atoms with van der Waals surface area (Å²) in [4.78, 5) is 16.9. The van der Waals surface area contributed by atoms with Gasteiger partial charge in [-0.2, -0.15) is 4.52 Å². The van der Waals surface area contributed by atoms with Gasteiger partial charge in [-0.15, -0.1) is 5.10 Å². The summed E-state index contributed by atoms with van der Waals surface area (Å²) < 4.78 is 3.32. The van der Waals surface area contributed by atoms with Gasteiger partial charge in [0.1, 0.15) is 0 Å². The molecule has 0 spiro atoms. The van der Waals surface area contributed by atoms with Crippen molar-refractivity contribution in [2.75, 3.05) is 6.26 Å². The van der Waals surface area contributed by atoms with Crippen LogP contribution in [-0.4, -0.2) is 25.4 Å². The van der Waals surface area contributed by atoms with Crippen molar-refractivity contribution in [3.05, 3.63) is 21.6 Å². The van der Waals surface area contributed by atoms with E-state index in [4.69, 9.17) is 0 Å². The lowest BCUT2D eigenvalue weighted by atomic mass is 9.97. The normalized spacial score (nSPS) is 15.2. The van der Waals surface area contributed by atoms with E-state index in [1.807, 2.05) is 17.9 Å². The molecule has 2 aromatic heterocycles. The van der Waals surface area contributed by atoms with Crippen LogP contribution in [0.2, 0.25) is 0 Å². The standard InChI is InChI=1S/C11H14N4OS/c1-14-10-12-8-6-4-3-5-7(8)9(16)15(10)13-11(14)17-2/h3-6H2,1-2H3. The zero-order chi connectivity index (χ0) is 12.0. The van der Waals surface area contributed by atoms with Crippen LogP contribution in [0.3, 0.4) is 0 Å². The van der Waals surface area contributed by atoms with Crippen molar-refractivity contribution in [1.82, 2.24) is 19.2 Å². The molecule has 0 fully saturated rings. The smallest absolute Gasteiger partial charge is 0.279 e. The maximum atomic E-state index is 12.3. The monoisotopic (exact) mass is 250 g/mol. The minimum atomic E-state index is 0.0144. The third-order valence-corrected chi connectivity index (χ3v) is 3.99. The zero-order valence-corrected chi connectivity index (χ0v) is 10.8. The Morgan fingerprint density at radius 1 is 1.29 bits per heavy atom. The summed E-state index contributed by atoms with van der Waals surface area (Å²) >= 11 is 1.52. The van der Waals surface area contributed by atoms with E-state index in [-0.39, 0.29) is 5.56 Å². The Hall–Kier alpha value is -1.30. The second-order valence-electron chi connectivity index (χ2n) is 4.31. The molecule has 0 saturated heterocycles. The Bertz CT molecular complexity index is 643. The van der Waals surface area contributed by atoms with Gasteiger partial charge in [0.15, 0.2) is 5.16 Å². The fourth-order valence-electron chi connectivity index (χ4n) is 2.35. The van der Waals surface area contributed by atoms with Crippen molar-refractivity contribution in [2.45, 2.75) is 30.8 Å². The molecule has 0 N–H and O–H groups in total. The van der Waals surface area contributed by atoms with Gasteiger partial charge in [0.2, 0.25) is 5.78 Å². The molecule has 1 aliphatic carbocycles. The topological polar surface area (TPSA) is 52.2 Å². The highest BCUT2D eigenvalue weighted by molar-refractivity contribution is 7.98. The maximum absolute atomic E-state index is 12.3. The van der Waals surface area contributed by atoms with Gasteiger partial charge in [0.05, 0.1) is 5.69 Å². The Balaban J connectivity index is 2.38. The van der Waals surface area contributed by atoms with Crippen LogP contribution < -0.4 is 5.56 Å². The van der Waals surface area contributed by atoms with Gasteiger partial charge in [-0.3, -0.25) is 9.36 Å². The average Bonchev–Trinajstić information content (AvgIpc) is 2.68. The third-order valence-electron chi connectivity index (χ3n) is 3.27. The first-order chi connectivity index (χ1) is 8.22. The number of hydrogen-bond acceptors (Lipinski definition) is 4. The fourth-order valence-corrected chi connectivity index (χ4v) is 2.87. The molecular weight excluding hydrogens is 236 g/mol. The highest BCUT2D eigenvalue weighted by Crippen LogP contribution is 2.18. The third kappa shape index (κ3) is 1.50. The number of fused-ring (bicyclic) bond motifs is 2. The van der Waals surface area contributed by atoms with E-state index in [0.717, 1.165) is 42.1 Å². The van der Waals surface area contributed by atoms with E-state index >= 15 is 0 Å². The molecule has 0 bridgehead atoms. The second kappa shape index (κ2) is 3.87. The lowest BCUT2D eigenvalue weighted by molar-refractivity contribution is 0.649. The van der Waals surface area contributed by atoms with Gasteiger partial charge in [-0.05, 0) is 31.9 Å². The first-order valence-electron chi connectivity index (χ1n) is 5.74. The summed E-state index contributed by atoms with van der Waals surface area (Å²) in [6.07, 6.45) is 5.92. The van der Waals surface area contributed by atoms with Crippen LogP contribution in [0.15, 0.2) is 9.95 Å². The van der Waals surface area contributed by atoms with E-state index in [1.54, 1.807) is 0 Å². The highest BCUT2D eigenvalue weighted by Gasteiger charge is 2.19. The molecule has 0 amide bonds. The summed E-state index contributed by atoms with van der Waals surface area (Å²) in [6, 6.07) is 0. The van der Waals surface area contributed by atoms with Crippen LogP contribution in [-0.2, 0) is 19.9 Å². The molecule has 1 aliphatic rings. The molecule has 0 unspecified atom stereocenters. The largest absolute Gasteiger partial charge is 0.291 e. The highest BCUT2D eigenvalue weighted by atomic mass is 32.2. The first kappa shape index (κ1) is 10.8. The molecule has 5 nitrogen and oxygen atoms in total. The predicted octanol–water partition coefficient (Wildman–Crippen LogP) is 1.03. The minimum absolute atomic E-state index is 0.0144. The van der Waals surface area contributed by atoms with E-state index in [9.17, 15) is 4.79 Å². The number of rotatable bonds is 1. The maximum Gasteiger partial charge on any atom is 0.279 e. The molecule has 0 saturated carbocycles. The number of thioether (sulfide) groups is 1. The molecule has 3 rings (SSSR count). The predicted molar refractivity (Wildman–Crippen MR) is 66.7 cm³/mol. The Labute approximate surface area is 103 Å². The van der Waals surface area contributed by atoms with Crippen molar-refractivity contribution in [3.63, 3.8) is 0 Å². The van der Waals surface area contributed by atoms with Crippen LogP contribution in [0.4, 0.5) is 0 Å². The molecule has 0 aromatic carbocycles. The Morgan fingerprint density at radius 2 is 2.06 bits per heavy atom. The summed E-state index contributed by atoms with van der Waals surface area (Å²) in [5, 5.41) is 5.12. The van der Waals surface area contributed by atoms with Gasteiger partial charge in [-0.1, -0.05) is 11.8 Å². The Morgan fingerprint density at radius 3 is 2.82 bits per heavy atom. The number of nitrogens with zero attached hydrogens (tertiary/aromatic N) is 4. The molecule has 17 heavy (non-hydrogen) atoms. The van der Waals surface area contributed by atoms with E-state index in [0.29, 0.717) is 5.78 Å². The first-order valence-corrected chi connectivity index (χ1v) is 6.96. The average molecular weight is 250 g/mol. The molecule has 0 atom stereocenters. The number of aryl methyl sites for hydroxylation is 2. The summed E-state index contributed by atoms with van der Waals surface area (Å²) in [5.74, 6) is 0.653. The SMILES string of the molecule is CSc1nn2c(=O)c3c(nc2n1C)CCCC3. The van der Waals surface area contributed by atoms with E-state index in [1.165, 1.54) is 16.3 Å². The van der Waals surface area contributed by atoms with Crippen LogP contribution in [0, 0.1) is 0 Å². The molecule has 0 radical (unpaired) electrons. The lowest BCUT2D eigenvalue weighted by Gasteiger charge is -2.13. The van der Waals surface area contributed by atoms with Crippen LogP contribution in [0.5, 0.6) is 0 Å². The number of hydrogen-bond donors (Lipinski definition) is 0. The van der Waals surface area contributed by atoms with Crippen LogP contribution >= 0.6 is 11.8 Å². The minimum Gasteiger partial charge on any atom is -0.291 e. The van der Waals surface area contributed by atoms with Gasteiger partial charge < -0.3 is 0 Å². The fraction of sp³-hybridized carbons (Fsp3) is 0.545. The van der Waals surface area contributed by atoms with Crippen LogP contribution in [0.25, 0.3) is 5.78 Å². The van der Waals surface area contributed by atoms with Crippen molar-refractivity contribution in [1.29, 1.82) is 0 Å². The second-order valence-corrected chi connectivity index (χ2v) is 5.08. The van der Waals surface area contributed by atoms with Gasteiger partial charge in [0, 0.05) is 12.6 Å².